The molecule has 0 aromatic heterocycles. The van der Waals surface area contributed by atoms with Gasteiger partial charge in [-0.1, -0.05) is 44.5 Å². The summed E-state index contributed by atoms with van der Waals surface area (Å²) >= 11 is 1.84. The number of thioether (sulfide) groups is 1. The highest BCUT2D eigenvalue weighted by molar-refractivity contribution is 8.15. The van der Waals surface area contributed by atoms with E-state index in [9.17, 15) is 0 Å². The maximum absolute atomic E-state index is 8.98. The second-order valence-electron chi connectivity index (χ2n) is 5.15. The maximum atomic E-state index is 8.98. The van der Waals surface area contributed by atoms with Crippen LogP contribution >= 0.6 is 11.8 Å². The molecular formula is C16H21N3S. The molecule has 1 aromatic carbocycles. The zero-order chi connectivity index (χ0) is 14.5. The lowest BCUT2D eigenvalue weighted by Gasteiger charge is -2.18. The number of hydrogen-bond donors (Lipinski definition) is 1. The molecule has 1 aliphatic rings. The number of benzene rings is 1. The molecule has 1 unspecified atom stereocenters. The van der Waals surface area contributed by atoms with Crippen LogP contribution in [0.25, 0.3) is 0 Å². The SMILES string of the molecule is CCC(CC)C1CN=C(Nc2cc(C#N)ccc2C)S1. The van der Waals surface area contributed by atoms with Crippen LogP contribution in [0.4, 0.5) is 5.69 Å². The van der Waals surface area contributed by atoms with Gasteiger partial charge in [0.05, 0.1) is 18.2 Å². The van der Waals surface area contributed by atoms with Gasteiger partial charge in [0, 0.05) is 10.9 Å². The summed E-state index contributed by atoms with van der Waals surface area (Å²) in [4.78, 5) is 4.61. The number of aliphatic imine (C=N–C) groups is 1. The number of nitrogens with one attached hydrogen (secondary N) is 1. The highest BCUT2D eigenvalue weighted by atomic mass is 32.2. The molecule has 1 N–H and O–H groups in total. The first-order valence-corrected chi connectivity index (χ1v) is 8.04. The summed E-state index contributed by atoms with van der Waals surface area (Å²) in [6, 6.07) is 7.89. The molecule has 1 aromatic rings. The smallest absolute Gasteiger partial charge is 0.161 e. The summed E-state index contributed by atoms with van der Waals surface area (Å²) in [6.07, 6.45) is 2.42. The van der Waals surface area contributed by atoms with Crippen molar-refractivity contribution in [2.75, 3.05) is 11.9 Å². The summed E-state index contributed by atoms with van der Waals surface area (Å²) in [6.45, 7) is 7.44. The number of amidine groups is 1. The van der Waals surface area contributed by atoms with Gasteiger partial charge in [-0.15, -0.1) is 0 Å². The molecule has 2 rings (SSSR count). The molecule has 1 atom stereocenters. The van der Waals surface area contributed by atoms with Crippen LogP contribution in [-0.2, 0) is 0 Å². The van der Waals surface area contributed by atoms with Crippen molar-refractivity contribution in [1.29, 1.82) is 5.26 Å². The summed E-state index contributed by atoms with van der Waals surface area (Å²) in [5.74, 6) is 0.731. The van der Waals surface area contributed by atoms with Crippen molar-refractivity contribution in [1.82, 2.24) is 0 Å². The van der Waals surface area contributed by atoms with Crippen LogP contribution in [-0.4, -0.2) is 17.0 Å². The molecule has 0 fully saturated rings. The zero-order valence-corrected chi connectivity index (χ0v) is 13.1. The summed E-state index contributed by atoms with van der Waals surface area (Å²) < 4.78 is 0. The van der Waals surface area contributed by atoms with E-state index in [0.717, 1.165) is 28.9 Å². The number of nitrogens with zero attached hydrogens (tertiary/aromatic N) is 2. The van der Waals surface area contributed by atoms with Crippen LogP contribution in [0.2, 0.25) is 0 Å². The van der Waals surface area contributed by atoms with E-state index in [1.807, 2.05) is 36.9 Å². The van der Waals surface area contributed by atoms with Crippen molar-refractivity contribution < 1.29 is 0 Å². The van der Waals surface area contributed by atoms with Crippen LogP contribution in [0.15, 0.2) is 23.2 Å². The van der Waals surface area contributed by atoms with Gasteiger partial charge in [0.25, 0.3) is 0 Å². The van der Waals surface area contributed by atoms with Crippen LogP contribution in [0.1, 0.15) is 37.8 Å². The van der Waals surface area contributed by atoms with E-state index in [1.165, 1.54) is 12.8 Å². The second-order valence-corrected chi connectivity index (χ2v) is 6.37. The van der Waals surface area contributed by atoms with Gasteiger partial charge < -0.3 is 5.32 Å². The van der Waals surface area contributed by atoms with Gasteiger partial charge in [-0.05, 0) is 30.5 Å². The molecule has 1 heterocycles. The molecule has 0 saturated heterocycles. The van der Waals surface area contributed by atoms with E-state index in [0.29, 0.717) is 10.8 Å². The van der Waals surface area contributed by atoms with Crippen molar-refractivity contribution in [3.05, 3.63) is 29.3 Å². The Bertz CT molecular complexity index is 541. The Hall–Kier alpha value is -1.47. The average Bonchev–Trinajstić information content (AvgIpc) is 2.91. The van der Waals surface area contributed by atoms with Gasteiger partial charge in [0.1, 0.15) is 0 Å². The third-order valence-corrected chi connectivity index (χ3v) is 5.15. The lowest BCUT2D eigenvalue weighted by molar-refractivity contribution is 0.479. The lowest BCUT2D eigenvalue weighted by atomic mass is 9.99. The Morgan fingerprint density at radius 2 is 2.20 bits per heavy atom. The van der Waals surface area contributed by atoms with Gasteiger partial charge in [-0.2, -0.15) is 5.26 Å². The standard InChI is InChI=1S/C16H21N3S/c1-4-13(5-2)15-10-18-16(20-15)19-14-8-12(9-17)7-6-11(14)3/h6-8,13,15H,4-5,10H2,1-3H3,(H,18,19). The fourth-order valence-corrected chi connectivity index (χ4v) is 3.79. The first kappa shape index (κ1) is 14.9. The number of hydrogen-bond acceptors (Lipinski definition) is 4. The Labute approximate surface area is 125 Å². The van der Waals surface area contributed by atoms with E-state index in [-0.39, 0.29) is 0 Å². The zero-order valence-electron chi connectivity index (χ0n) is 12.3. The van der Waals surface area contributed by atoms with Gasteiger partial charge in [0.15, 0.2) is 5.17 Å². The monoisotopic (exact) mass is 287 g/mol. The van der Waals surface area contributed by atoms with Gasteiger partial charge in [-0.3, -0.25) is 4.99 Å². The van der Waals surface area contributed by atoms with Crippen molar-refractivity contribution in [3.63, 3.8) is 0 Å². The molecule has 4 heteroatoms. The van der Waals surface area contributed by atoms with Gasteiger partial charge in [0.2, 0.25) is 0 Å². The first-order valence-electron chi connectivity index (χ1n) is 7.16. The van der Waals surface area contributed by atoms with Crippen molar-refractivity contribution in [2.45, 2.75) is 38.9 Å². The fourth-order valence-electron chi connectivity index (χ4n) is 2.46. The summed E-state index contributed by atoms with van der Waals surface area (Å²) in [5, 5.41) is 13.9. The molecule has 0 radical (unpaired) electrons. The Kier molecular flexibility index (Phi) is 5.08. The lowest BCUT2D eigenvalue weighted by Crippen LogP contribution is -2.17. The fraction of sp³-hybridized carbons (Fsp3) is 0.500. The summed E-state index contributed by atoms with van der Waals surface area (Å²) in [7, 11) is 0. The number of aryl methyl sites for hydroxylation is 1. The van der Waals surface area contributed by atoms with E-state index in [4.69, 9.17) is 5.26 Å². The van der Waals surface area contributed by atoms with Gasteiger partial charge >= 0.3 is 0 Å². The molecule has 3 nitrogen and oxygen atoms in total. The number of nitriles is 1. The largest absolute Gasteiger partial charge is 0.335 e. The third kappa shape index (κ3) is 3.34. The average molecular weight is 287 g/mol. The van der Waals surface area contributed by atoms with Crippen LogP contribution in [0.5, 0.6) is 0 Å². The van der Waals surface area contributed by atoms with E-state index < -0.39 is 0 Å². The summed E-state index contributed by atoms with van der Waals surface area (Å²) in [5.41, 5.74) is 2.80. The highest BCUT2D eigenvalue weighted by Gasteiger charge is 2.26. The Balaban J connectivity index is 2.04. The number of anilines is 1. The molecule has 106 valence electrons. The predicted molar refractivity (Wildman–Crippen MR) is 87.3 cm³/mol. The minimum absolute atomic E-state index is 0.590. The van der Waals surface area contributed by atoms with Crippen LogP contribution in [0.3, 0.4) is 0 Å². The van der Waals surface area contributed by atoms with Crippen molar-refractivity contribution >= 4 is 22.6 Å². The predicted octanol–water partition coefficient (Wildman–Crippen LogP) is 4.19. The van der Waals surface area contributed by atoms with Gasteiger partial charge in [-0.25, -0.2) is 0 Å². The van der Waals surface area contributed by atoms with E-state index >= 15 is 0 Å². The minimum Gasteiger partial charge on any atom is -0.335 e. The molecule has 0 spiro atoms. The Morgan fingerprint density at radius 1 is 1.45 bits per heavy atom. The molecular weight excluding hydrogens is 266 g/mol. The maximum Gasteiger partial charge on any atom is 0.161 e. The van der Waals surface area contributed by atoms with E-state index in [1.54, 1.807) is 0 Å². The number of rotatable bonds is 4. The van der Waals surface area contributed by atoms with Crippen LogP contribution in [0, 0.1) is 24.2 Å². The van der Waals surface area contributed by atoms with Crippen molar-refractivity contribution in [3.8, 4) is 6.07 Å². The molecule has 0 bridgehead atoms. The third-order valence-electron chi connectivity index (χ3n) is 3.86. The van der Waals surface area contributed by atoms with Crippen molar-refractivity contribution in [2.24, 2.45) is 10.9 Å². The highest BCUT2D eigenvalue weighted by Crippen LogP contribution is 2.32. The quantitative estimate of drug-likeness (QED) is 0.903. The van der Waals surface area contributed by atoms with Crippen LogP contribution < -0.4 is 5.32 Å². The normalized spacial score (nSPS) is 17.9. The second kappa shape index (κ2) is 6.81. The topological polar surface area (TPSA) is 48.2 Å². The minimum atomic E-state index is 0.590. The molecule has 0 aliphatic carbocycles. The first-order chi connectivity index (χ1) is 9.67. The Morgan fingerprint density at radius 3 is 2.85 bits per heavy atom. The molecule has 0 amide bonds. The molecule has 20 heavy (non-hydrogen) atoms. The van der Waals surface area contributed by atoms with E-state index in [2.05, 4.69) is 30.2 Å². The molecule has 0 saturated carbocycles. The molecule has 1 aliphatic heterocycles.